The van der Waals surface area contributed by atoms with Crippen LogP contribution in [0.25, 0.3) is 0 Å². The smallest absolute Gasteiger partial charge is 0.411 e. The molecule has 0 saturated carbocycles. The molecule has 0 fully saturated rings. The highest BCUT2D eigenvalue weighted by Crippen LogP contribution is 2.23. The summed E-state index contributed by atoms with van der Waals surface area (Å²) < 4.78 is 5.16. The molecule has 0 unspecified atom stereocenters. The van der Waals surface area contributed by atoms with Gasteiger partial charge in [-0.25, -0.2) is 9.80 Å². The minimum Gasteiger partial charge on any atom is -0.448 e. The van der Waals surface area contributed by atoms with E-state index in [1.54, 1.807) is 6.07 Å². The lowest BCUT2D eigenvalue weighted by atomic mass is 10.1. The lowest BCUT2D eigenvalue weighted by Crippen LogP contribution is -2.29. The van der Waals surface area contributed by atoms with Crippen molar-refractivity contribution < 1.29 is 14.3 Å². The average molecular weight is 442 g/mol. The van der Waals surface area contributed by atoms with E-state index in [-0.39, 0.29) is 5.24 Å². The topological polar surface area (TPSA) is 86.3 Å². The van der Waals surface area contributed by atoms with E-state index in [4.69, 9.17) is 4.74 Å². The van der Waals surface area contributed by atoms with E-state index in [1.165, 1.54) is 16.8 Å². The molecule has 2 aromatic carbocycles. The highest BCUT2D eigenvalue weighted by molar-refractivity contribution is 8.14. The van der Waals surface area contributed by atoms with Crippen molar-refractivity contribution in [2.45, 2.75) is 6.54 Å². The summed E-state index contributed by atoms with van der Waals surface area (Å²) in [7, 11) is 5.70. The number of likely N-dealkylation sites (N-methyl/N-ethyl adjacent to an activating group) is 1. The lowest BCUT2D eigenvalue weighted by Gasteiger charge is -2.23. The molecule has 0 radical (unpaired) electrons. The molecule has 0 spiro atoms. The van der Waals surface area contributed by atoms with Crippen LogP contribution in [0.1, 0.15) is 11.1 Å². The van der Waals surface area contributed by atoms with Gasteiger partial charge in [0, 0.05) is 30.7 Å². The Labute approximate surface area is 186 Å². The molecular weight excluding hydrogens is 414 g/mol. The van der Waals surface area contributed by atoms with Gasteiger partial charge in [0.2, 0.25) is 0 Å². The molecule has 9 heteroatoms. The minimum absolute atomic E-state index is 0.1000. The van der Waals surface area contributed by atoms with Gasteiger partial charge in [-0.1, -0.05) is 36.0 Å². The van der Waals surface area contributed by atoms with Crippen LogP contribution in [0.3, 0.4) is 0 Å². The zero-order chi connectivity index (χ0) is 22.2. The molecule has 31 heavy (non-hydrogen) atoms. The number of benzene rings is 2. The molecule has 1 aliphatic rings. The summed E-state index contributed by atoms with van der Waals surface area (Å²) in [6.07, 6.45) is -0.506. The fourth-order valence-corrected chi connectivity index (χ4v) is 3.62. The van der Waals surface area contributed by atoms with E-state index in [2.05, 4.69) is 15.7 Å². The second-order valence-electron chi connectivity index (χ2n) is 7.25. The van der Waals surface area contributed by atoms with Crippen LogP contribution in [0.4, 0.5) is 21.0 Å². The number of ether oxygens (including phenoxy) is 1. The number of carbonyl (C=O) groups is 2. The van der Waals surface area contributed by atoms with Gasteiger partial charge in [-0.15, -0.1) is 0 Å². The van der Waals surface area contributed by atoms with Gasteiger partial charge in [0.05, 0.1) is 12.3 Å². The maximum absolute atomic E-state index is 12.4. The van der Waals surface area contributed by atoms with Gasteiger partial charge in [-0.05, 0) is 49.5 Å². The van der Waals surface area contributed by atoms with Crippen molar-refractivity contribution >= 4 is 40.2 Å². The highest BCUT2D eigenvalue weighted by Gasteiger charge is 2.22. The molecule has 8 nitrogen and oxygen atoms in total. The summed E-state index contributed by atoms with van der Waals surface area (Å²) in [5, 5.41) is 11.7. The lowest BCUT2D eigenvalue weighted by molar-refractivity contribution is 0.151. The first-order chi connectivity index (χ1) is 14.9. The van der Waals surface area contributed by atoms with Crippen molar-refractivity contribution in [1.29, 1.82) is 0 Å². The van der Waals surface area contributed by atoms with Crippen LogP contribution in [0.5, 0.6) is 0 Å². The van der Waals surface area contributed by atoms with Gasteiger partial charge >= 0.3 is 11.3 Å². The van der Waals surface area contributed by atoms with Crippen LogP contribution in [0.15, 0.2) is 53.6 Å². The third kappa shape index (κ3) is 6.73. The fourth-order valence-electron chi connectivity index (χ4n) is 2.89. The molecular formula is C22H27N5O3S. The second kappa shape index (κ2) is 10.8. The van der Waals surface area contributed by atoms with Crippen molar-refractivity contribution in [3.63, 3.8) is 0 Å². The number of thioether (sulfide) groups is 1. The zero-order valence-electron chi connectivity index (χ0n) is 17.9. The van der Waals surface area contributed by atoms with E-state index in [9.17, 15) is 9.59 Å². The molecule has 2 aromatic rings. The molecule has 1 heterocycles. The van der Waals surface area contributed by atoms with Gasteiger partial charge < -0.3 is 15.0 Å². The standard InChI is InChI=1S/C22H27N5O3S/c1-23-18-9-7-17(8-10-18)20-15-31-22(29)27(25-20)14-16-5-4-6-19(13-16)24-21(28)30-12-11-26(2)3/h4-10,13,23H,11-12,14-15H2,1-3H3,(H,24,28). The first-order valence-electron chi connectivity index (χ1n) is 9.92. The maximum Gasteiger partial charge on any atom is 0.411 e. The third-order valence-corrected chi connectivity index (χ3v) is 5.44. The number of nitrogens with zero attached hydrogens (tertiary/aromatic N) is 3. The number of hydrogen-bond acceptors (Lipinski definition) is 7. The Bertz CT molecular complexity index is 946. The third-order valence-electron chi connectivity index (χ3n) is 4.57. The quantitative estimate of drug-likeness (QED) is 0.646. The van der Waals surface area contributed by atoms with Crippen molar-refractivity contribution in [2.24, 2.45) is 5.10 Å². The molecule has 0 aliphatic carbocycles. The predicted molar refractivity (Wildman–Crippen MR) is 126 cm³/mol. The van der Waals surface area contributed by atoms with E-state index in [0.717, 1.165) is 22.5 Å². The number of hydrazone groups is 1. The van der Waals surface area contributed by atoms with E-state index < -0.39 is 6.09 Å². The molecule has 0 bridgehead atoms. The van der Waals surface area contributed by atoms with E-state index in [0.29, 0.717) is 31.1 Å². The van der Waals surface area contributed by atoms with E-state index in [1.807, 2.05) is 68.5 Å². The highest BCUT2D eigenvalue weighted by atomic mass is 32.2. The molecule has 0 saturated heterocycles. The number of carbonyl (C=O) groups excluding carboxylic acids is 2. The van der Waals surface area contributed by atoms with Crippen molar-refractivity contribution in [3.8, 4) is 0 Å². The molecule has 2 N–H and O–H groups in total. The van der Waals surface area contributed by atoms with Gasteiger partial charge in [0.15, 0.2) is 0 Å². The van der Waals surface area contributed by atoms with E-state index >= 15 is 0 Å². The summed E-state index contributed by atoms with van der Waals surface area (Å²) in [6.45, 7) is 1.28. The SMILES string of the molecule is CNc1ccc(C2=NN(Cc3cccc(NC(=O)OCCN(C)C)c3)C(=O)SC2)cc1. The number of amides is 2. The first-order valence-corrected chi connectivity index (χ1v) is 10.9. The van der Waals surface area contributed by atoms with Gasteiger partial charge in [0.1, 0.15) is 6.61 Å². The van der Waals surface area contributed by atoms with Crippen molar-refractivity contribution in [2.75, 3.05) is 50.7 Å². The number of hydrogen-bond donors (Lipinski definition) is 2. The first kappa shape index (κ1) is 22.6. The van der Waals surface area contributed by atoms with Crippen LogP contribution in [0, 0.1) is 0 Å². The summed E-state index contributed by atoms with van der Waals surface area (Å²) in [5.74, 6) is 0.536. The monoisotopic (exact) mass is 441 g/mol. The molecule has 3 rings (SSSR count). The Morgan fingerprint density at radius 3 is 2.68 bits per heavy atom. The number of rotatable bonds is 8. The van der Waals surface area contributed by atoms with Gasteiger partial charge in [-0.3, -0.25) is 10.1 Å². The average Bonchev–Trinajstić information content (AvgIpc) is 2.75. The molecule has 0 aromatic heterocycles. The number of anilines is 2. The molecule has 0 atom stereocenters. The van der Waals surface area contributed by atoms with Crippen molar-refractivity contribution in [3.05, 3.63) is 59.7 Å². The van der Waals surface area contributed by atoms with Crippen LogP contribution in [0.2, 0.25) is 0 Å². The van der Waals surface area contributed by atoms with Crippen LogP contribution < -0.4 is 10.6 Å². The summed E-state index contributed by atoms with van der Waals surface area (Å²) >= 11 is 1.23. The molecule has 2 amide bonds. The van der Waals surface area contributed by atoms with Crippen LogP contribution in [-0.4, -0.2) is 67.0 Å². The summed E-state index contributed by atoms with van der Waals surface area (Å²) in [6, 6.07) is 15.3. The largest absolute Gasteiger partial charge is 0.448 e. The maximum atomic E-state index is 12.4. The Hall–Kier alpha value is -3.04. The van der Waals surface area contributed by atoms with Gasteiger partial charge in [-0.2, -0.15) is 5.10 Å². The van der Waals surface area contributed by atoms with Crippen LogP contribution in [-0.2, 0) is 11.3 Å². The Morgan fingerprint density at radius 2 is 1.97 bits per heavy atom. The van der Waals surface area contributed by atoms with Crippen LogP contribution >= 0.6 is 11.8 Å². The summed E-state index contributed by atoms with van der Waals surface area (Å²) in [4.78, 5) is 26.3. The Balaban J connectivity index is 1.65. The molecule has 164 valence electrons. The Kier molecular flexibility index (Phi) is 7.91. The zero-order valence-corrected chi connectivity index (χ0v) is 18.7. The number of nitrogens with one attached hydrogen (secondary N) is 2. The normalized spacial score (nSPS) is 13.7. The molecule has 1 aliphatic heterocycles. The van der Waals surface area contributed by atoms with Crippen molar-refractivity contribution in [1.82, 2.24) is 9.91 Å². The predicted octanol–water partition coefficient (Wildman–Crippen LogP) is 3.91. The second-order valence-corrected chi connectivity index (χ2v) is 8.18. The Morgan fingerprint density at radius 1 is 1.19 bits per heavy atom. The van der Waals surface area contributed by atoms with Gasteiger partial charge in [0.25, 0.3) is 0 Å². The fraction of sp³-hybridized carbons (Fsp3) is 0.318. The summed E-state index contributed by atoms with van der Waals surface area (Å²) in [5.41, 5.74) is 4.32. The minimum atomic E-state index is -0.506.